The van der Waals surface area contributed by atoms with Crippen molar-refractivity contribution in [3.63, 3.8) is 0 Å². The minimum atomic E-state index is -0.675. The van der Waals surface area contributed by atoms with Gasteiger partial charge in [-0.1, -0.05) is 17.7 Å². The first kappa shape index (κ1) is 17.4. The number of nitrogens with one attached hydrogen (secondary N) is 1. The maximum Gasteiger partial charge on any atom is 0.0845 e. The van der Waals surface area contributed by atoms with Crippen LogP contribution in [0.15, 0.2) is 18.3 Å². The lowest BCUT2D eigenvalue weighted by Crippen LogP contribution is -2.20. The summed E-state index contributed by atoms with van der Waals surface area (Å²) in [6.45, 7) is 1.60. The second-order valence-corrected chi connectivity index (χ2v) is 5.14. The van der Waals surface area contributed by atoms with Crippen LogP contribution in [0, 0.1) is 0 Å². The molecule has 0 aromatic carbocycles. The van der Waals surface area contributed by atoms with Gasteiger partial charge in [-0.3, -0.25) is 4.98 Å². The summed E-state index contributed by atoms with van der Waals surface area (Å²) in [6.07, 6.45) is 5.36. The van der Waals surface area contributed by atoms with Gasteiger partial charge in [0.05, 0.1) is 23.4 Å². The number of hydrogen-bond donors (Lipinski definition) is 3. The summed E-state index contributed by atoms with van der Waals surface area (Å²) < 4.78 is 0. The van der Waals surface area contributed by atoms with Crippen molar-refractivity contribution in [2.24, 2.45) is 0 Å². The molecule has 3 N–H and O–H groups in total. The SMILES string of the molecule is Cl.OCC(O)CCc1cnc(C2=CCNCC2)c(Cl)c1. The average Bonchev–Trinajstić information content (AvgIpc) is 2.45. The highest BCUT2D eigenvalue weighted by atomic mass is 35.5. The van der Waals surface area contributed by atoms with Crippen LogP contribution in [0.1, 0.15) is 24.1 Å². The van der Waals surface area contributed by atoms with E-state index in [2.05, 4.69) is 16.4 Å². The van der Waals surface area contributed by atoms with E-state index in [1.807, 2.05) is 6.07 Å². The Kier molecular flexibility index (Phi) is 7.48. The highest BCUT2D eigenvalue weighted by Crippen LogP contribution is 2.26. The predicted octanol–water partition coefficient (Wildman–Crippen LogP) is 1.82. The van der Waals surface area contributed by atoms with Gasteiger partial charge in [0, 0.05) is 12.7 Å². The van der Waals surface area contributed by atoms with Crippen LogP contribution >= 0.6 is 24.0 Å². The molecule has 1 aromatic heterocycles. The van der Waals surface area contributed by atoms with E-state index in [1.165, 1.54) is 5.57 Å². The molecule has 0 saturated heterocycles. The van der Waals surface area contributed by atoms with Crippen LogP contribution < -0.4 is 5.32 Å². The van der Waals surface area contributed by atoms with Gasteiger partial charge in [-0.2, -0.15) is 0 Å². The lowest BCUT2D eigenvalue weighted by Gasteiger charge is -2.15. The summed E-state index contributed by atoms with van der Waals surface area (Å²) in [4.78, 5) is 4.43. The van der Waals surface area contributed by atoms with Gasteiger partial charge in [-0.25, -0.2) is 0 Å². The summed E-state index contributed by atoms with van der Waals surface area (Å²) in [6, 6.07) is 1.90. The minimum Gasteiger partial charge on any atom is -0.394 e. The number of rotatable bonds is 5. The molecule has 0 fully saturated rings. The molecule has 0 saturated carbocycles. The highest BCUT2D eigenvalue weighted by molar-refractivity contribution is 6.32. The van der Waals surface area contributed by atoms with Crippen LogP contribution in [0.3, 0.4) is 0 Å². The number of aryl methyl sites for hydroxylation is 1. The molecule has 1 unspecified atom stereocenters. The van der Waals surface area contributed by atoms with Crippen LogP contribution in [-0.4, -0.2) is 41.0 Å². The summed E-state index contributed by atoms with van der Waals surface area (Å²) in [5, 5.41) is 22.0. The van der Waals surface area contributed by atoms with Crippen LogP contribution in [0.4, 0.5) is 0 Å². The zero-order chi connectivity index (χ0) is 13.7. The molecule has 4 nitrogen and oxygen atoms in total. The van der Waals surface area contributed by atoms with Crippen molar-refractivity contribution < 1.29 is 10.2 Å². The number of aliphatic hydroxyl groups excluding tert-OH is 2. The molecule has 0 aliphatic carbocycles. The molecular weight excluding hydrogens is 299 g/mol. The Labute approximate surface area is 130 Å². The van der Waals surface area contributed by atoms with Crippen molar-refractivity contribution in [1.29, 1.82) is 0 Å². The molecule has 1 atom stereocenters. The molecular formula is C14H20Cl2N2O2. The second kappa shape index (κ2) is 8.60. The third kappa shape index (κ3) is 4.72. The predicted molar refractivity (Wildman–Crippen MR) is 83.4 cm³/mol. The minimum absolute atomic E-state index is 0. The van der Waals surface area contributed by atoms with Crippen molar-refractivity contribution in [3.05, 3.63) is 34.6 Å². The largest absolute Gasteiger partial charge is 0.394 e. The molecule has 0 spiro atoms. The fourth-order valence-electron chi connectivity index (χ4n) is 2.11. The number of pyridine rings is 1. The Hall–Kier alpha value is -0.650. The van der Waals surface area contributed by atoms with Crippen LogP contribution in [0.25, 0.3) is 5.57 Å². The number of aliphatic hydroxyl groups is 2. The van der Waals surface area contributed by atoms with Crippen LogP contribution in [0.2, 0.25) is 5.02 Å². The van der Waals surface area contributed by atoms with Crippen molar-refractivity contribution in [3.8, 4) is 0 Å². The fourth-order valence-corrected chi connectivity index (χ4v) is 2.42. The summed E-state index contributed by atoms with van der Waals surface area (Å²) in [5.74, 6) is 0. The maximum absolute atomic E-state index is 9.33. The standard InChI is InChI=1S/C14H19ClN2O2.ClH/c15-13-7-10(1-2-12(19)9-18)8-17-14(13)11-3-5-16-6-4-11;/h3,7-8,12,16,18-19H,1-2,4-6,9H2;1H. The maximum atomic E-state index is 9.33. The Morgan fingerprint density at radius 3 is 2.85 bits per heavy atom. The molecule has 0 amide bonds. The second-order valence-electron chi connectivity index (χ2n) is 4.73. The normalized spacial score (nSPS) is 16.2. The van der Waals surface area contributed by atoms with E-state index in [0.29, 0.717) is 17.9 Å². The first-order valence-corrected chi connectivity index (χ1v) is 6.92. The van der Waals surface area contributed by atoms with Gasteiger partial charge in [0.2, 0.25) is 0 Å². The smallest absolute Gasteiger partial charge is 0.0845 e. The van der Waals surface area contributed by atoms with Crippen molar-refractivity contribution in [2.75, 3.05) is 19.7 Å². The van der Waals surface area contributed by atoms with Gasteiger partial charge in [0.1, 0.15) is 0 Å². The van der Waals surface area contributed by atoms with E-state index in [4.69, 9.17) is 16.7 Å². The zero-order valence-corrected chi connectivity index (χ0v) is 12.8. The van der Waals surface area contributed by atoms with E-state index >= 15 is 0 Å². The molecule has 6 heteroatoms. The number of aromatic nitrogens is 1. The van der Waals surface area contributed by atoms with Crippen LogP contribution in [0.5, 0.6) is 0 Å². The summed E-state index contributed by atoms with van der Waals surface area (Å²) in [7, 11) is 0. The lowest BCUT2D eigenvalue weighted by atomic mass is 10.0. The topological polar surface area (TPSA) is 65.4 Å². The molecule has 2 rings (SSSR count). The van der Waals surface area contributed by atoms with Crippen LogP contribution in [-0.2, 0) is 6.42 Å². The average molecular weight is 319 g/mol. The van der Waals surface area contributed by atoms with Gasteiger partial charge in [0.15, 0.2) is 0 Å². The molecule has 0 radical (unpaired) electrons. The van der Waals surface area contributed by atoms with Gasteiger partial charge < -0.3 is 15.5 Å². The third-order valence-corrected chi connectivity index (χ3v) is 3.53. The number of nitrogens with zero attached hydrogens (tertiary/aromatic N) is 1. The quantitative estimate of drug-likeness (QED) is 0.775. The van der Waals surface area contributed by atoms with E-state index in [-0.39, 0.29) is 19.0 Å². The van der Waals surface area contributed by atoms with Gasteiger partial charge in [0.25, 0.3) is 0 Å². The summed E-state index contributed by atoms with van der Waals surface area (Å²) >= 11 is 6.28. The first-order chi connectivity index (χ1) is 9.20. The van der Waals surface area contributed by atoms with E-state index in [9.17, 15) is 5.11 Å². The molecule has 0 bridgehead atoms. The van der Waals surface area contributed by atoms with E-state index in [0.717, 1.165) is 30.8 Å². The zero-order valence-electron chi connectivity index (χ0n) is 11.2. The molecule has 2 heterocycles. The Balaban J connectivity index is 0.00000200. The van der Waals surface area contributed by atoms with Gasteiger partial charge in [-0.15, -0.1) is 12.4 Å². The highest BCUT2D eigenvalue weighted by Gasteiger charge is 2.12. The van der Waals surface area contributed by atoms with Gasteiger partial charge in [-0.05, 0) is 43.0 Å². The van der Waals surface area contributed by atoms with Crippen molar-refractivity contribution >= 4 is 29.6 Å². The first-order valence-electron chi connectivity index (χ1n) is 6.54. The molecule has 1 aliphatic heterocycles. The Bertz CT molecular complexity index is 466. The van der Waals surface area contributed by atoms with E-state index < -0.39 is 6.10 Å². The third-order valence-electron chi connectivity index (χ3n) is 3.24. The van der Waals surface area contributed by atoms with Crippen molar-refractivity contribution in [1.82, 2.24) is 10.3 Å². The fraction of sp³-hybridized carbons (Fsp3) is 0.500. The lowest BCUT2D eigenvalue weighted by molar-refractivity contribution is 0.0885. The number of halogens is 2. The Morgan fingerprint density at radius 1 is 1.45 bits per heavy atom. The number of hydrogen-bond acceptors (Lipinski definition) is 4. The summed E-state index contributed by atoms with van der Waals surface area (Å²) in [5.41, 5.74) is 3.02. The monoisotopic (exact) mass is 318 g/mol. The molecule has 1 aromatic rings. The Morgan fingerprint density at radius 2 is 2.25 bits per heavy atom. The van der Waals surface area contributed by atoms with E-state index in [1.54, 1.807) is 6.20 Å². The molecule has 1 aliphatic rings. The van der Waals surface area contributed by atoms with Crippen molar-refractivity contribution in [2.45, 2.75) is 25.4 Å². The van der Waals surface area contributed by atoms with Gasteiger partial charge >= 0.3 is 0 Å². The molecule has 20 heavy (non-hydrogen) atoms. The molecule has 112 valence electrons.